The van der Waals surface area contributed by atoms with Gasteiger partial charge in [-0.15, -0.1) is 0 Å². The monoisotopic (exact) mass is 356 g/mol. The molecule has 2 aromatic carbocycles. The maximum Gasteiger partial charge on any atom is 0.286 e. The van der Waals surface area contributed by atoms with E-state index in [2.05, 4.69) is 4.72 Å². The summed E-state index contributed by atoms with van der Waals surface area (Å²) in [6.07, 6.45) is 2.88. The summed E-state index contributed by atoms with van der Waals surface area (Å²) < 4.78 is 33.5. The molecule has 0 atom stereocenters. The fourth-order valence-corrected chi connectivity index (χ4v) is 4.36. The van der Waals surface area contributed by atoms with E-state index in [1.54, 1.807) is 36.4 Å². The highest BCUT2D eigenvalue weighted by atomic mass is 32.2. The molecular formula is C18H16N2O4S. The van der Waals surface area contributed by atoms with Crippen LogP contribution in [-0.4, -0.2) is 14.3 Å². The van der Waals surface area contributed by atoms with Gasteiger partial charge in [0, 0.05) is 5.39 Å². The summed E-state index contributed by atoms with van der Waals surface area (Å²) >= 11 is 0. The number of hydrogen-bond acceptors (Lipinski definition) is 4. The molecule has 3 aromatic rings. The number of furan rings is 1. The van der Waals surface area contributed by atoms with E-state index in [1.807, 2.05) is 6.07 Å². The van der Waals surface area contributed by atoms with Gasteiger partial charge in [0.25, 0.3) is 15.9 Å². The molecule has 0 fully saturated rings. The van der Waals surface area contributed by atoms with Crippen molar-refractivity contribution in [2.75, 3.05) is 4.72 Å². The fraction of sp³-hybridized carbons (Fsp3) is 0.167. The van der Waals surface area contributed by atoms with Crippen LogP contribution in [0.5, 0.6) is 0 Å². The second-order valence-electron chi connectivity index (χ2n) is 6.06. The molecular weight excluding hydrogens is 340 g/mol. The molecule has 0 spiro atoms. The maximum absolute atomic E-state index is 12.8. The van der Waals surface area contributed by atoms with Crippen LogP contribution in [-0.2, 0) is 22.9 Å². The van der Waals surface area contributed by atoms with Gasteiger partial charge in [0.15, 0.2) is 0 Å². The Hall–Kier alpha value is -2.80. The van der Waals surface area contributed by atoms with Gasteiger partial charge in [0.05, 0.1) is 4.90 Å². The van der Waals surface area contributed by atoms with Crippen molar-refractivity contribution in [3.63, 3.8) is 0 Å². The third kappa shape index (κ3) is 2.66. The molecule has 4 rings (SSSR count). The summed E-state index contributed by atoms with van der Waals surface area (Å²) in [6.45, 7) is 0. The van der Waals surface area contributed by atoms with Crippen LogP contribution in [0, 0.1) is 0 Å². The molecule has 0 aliphatic heterocycles. The predicted molar refractivity (Wildman–Crippen MR) is 94.0 cm³/mol. The molecule has 7 heteroatoms. The van der Waals surface area contributed by atoms with Crippen molar-refractivity contribution >= 4 is 32.6 Å². The summed E-state index contributed by atoms with van der Waals surface area (Å²) in [5, 5.41) is 0.487. The lowest BCUT2D eigenvalue weighted by Gasteiger charge is -2.09. The van der Waals surface area contributed by atoms with Gasteiger partial charge in [0.1, 0.15) is 11.3 Å². The zero-order valence-corrected chi connectivity index (χ0v) is 14.1. The Balaban J connectivity index is 1.80. The Kier molecular flexibility index (Phi) is 3.54. The number of nitrogens with two attached hydrogens (primary N) is 1. The third-order valence-corrected chi connectivity index (χ3v) is 5.78. The lowest BCUT2D eigenvalue weighted by Crippen LogP contribution is -2.17. The van der Waals surface area contributed by atoms with E-state index < -0.39 is 15.9 Å². The highest BCUT2D eigenvalue weighted by molar-refractivity contribution is 7.92. The number of hydrogen-bond donors (Lipinski definition) is 2. The number of aryl methyl sites for hydroxylation is 2. The van der Waals surface area contributed by atoms with E-state index in [1.165, 1.54) is 5.56 Å². The van der Waals surface area contributed by atoms with Gasteiger partial charge >= 0.3 is 0 Å². The van der Waals surface area contributed by atoms with Gasteiger partial charge in [-0.3, -0.25) is 9.52 Å². The van der Waals surface area contributed by atoms with Crippen LogP contribution in [0.3, 0.4) is 0 Å². The molecule has 6 nitrogen and oxygen atoms in total. The lowest BCUT2D eigenvalue weighted by atomic mass is 10.1. The number of rotatable bonds is 4. The van der Waals surface area contributed by atoms with Crippen LogP contribution in [0.4, 0.5) is 5.69 Å². The van der Waals surface area contributed by atoms with Crippen LogP contribution in [0.25, 0.3) is 11.0 Å². The van der Waals surface area contributed by atoms with Crippen LogP contribution in [0.1, 0.15) is 28.1 Å². The maximum atomic E-state index is 12.8. The Morgan fingerprint density at radius 3 is 2.64 bits per heavy atom. The molecule has 0 unspecified atom stereocenters. The standard InChI is InChI=1S/C18H16N2O4S/c19-18(21)17-16(14-6-1-2-7-15(14)24-17)20-25(22,23)13-9-8-11-4-3-5-12(11)10-13/h1-2,6-10,20H,3-5H2,(H2,19,21). The summed E-state index contributed by atoms with van der Waals surface area (Å²) in [4.78, 5) is 11.8. The predicted octanol–water partition coefficient (Wildman–Crippen LogP) is 2.82. The normalized spacial score (nSPS) is 13.8. The van der Waals surface area contributed by atoms with Crippen molar-refractivity contribution in [1.82, 2.24) is 0 Å². The highest BCUT2D eigenvalue weighted by Crippen LogP contribution is 2.33. The van der Waals surface area contributed by atoms with Crippen LogP contribution < -0.4 is 10.5 Å². The lowest BCUT2D eigenvalue weighted by molar-refractivity contribution is 0.0977. The molecule has 1 heterocycles. The van der Waals surface area contributed by atoms with Crippen molar-refractivity contribution in [3.8, 4) is 0 Å². The first-order chi connectivity index (χ1) is 12.0. The Morgan fingerprint density at radius 2 is 1.84 bits per heavy atom. The first kappa shape index (κ1) is 15.7. The van der Waals surface area contributed by atoms with Crippen LogP contribution >= 0.6 is 0 Å². The molecule has 0 radical (unpaired) electrons. The number of sulfonamides is 1. The summed E-state index contributed by atoms with van der Waals surface area (Å²) in [7, 11) is -3.87. The molecule has 0 saturated carbocycles. The van der Waals surface area contributed by atoms with E-state index >= 15 is 0 Å². The van der Waals surface area contributed by atoms with Gasteiger partial charge < -0.3 is 10.2 Å². The molecule has 0 saturated heterocycles. The topological polar surface area (TPSA) is 102 Å². The van der Waals surface area contributed by atoms with Gasteiger partial charge in [-0.2, -0.15) is 0 Å². The quantitative estimate of drug-likeness (QED) is 0.750. The number of anilines is 1. The summed E-state index contributed by atoms with van der Waals surface area (Å²) in [5.41, 5.74) is 8.04. The second-order valence-corrected chi connectivity index (χ2v) is 7.74. The molecule has 1 aliphatic carbocycles. The van der Waals surface area contributed by atoms with Crippen LogP contribution in [0.2, 0.25) is 0 Å². The minimum absolute atomic E-state index is 0.0728. The molecule has 128 valence electrons. The number of para-hydroxylation sites is 1. The molecule has 1 amide bonds. The number of nitrogens with one attached hydrogen (secondary N) is 1. The Labute approximate surface area is 144 Å². The average Bonchev–Trinajstić information content (AvgIpc) is 3.19. The van der Waals surface area contributed by atoms with E-state index in [0.29, 0.717) is 11.0 Å². The van der Waals surface area contributed by atoms with E-state index in [4.69, 9.17) is 10.2 Å². The minimum atomic E-state index is -3.87. The second kappa shape index (κ2) is 5.63. The van der Waals surface area contributed by atoms with E-state index in [-0.39, 0.29) is 16.3 Å². The fourth-order valence-electron chi connectivity index (χ4n) is 3.23. The van der Waals surface area contributed by atoms with Gasteiger partial charge in [-0.25, -0.2) is 8.42 Å². The first-order valence-electron chi connectivity index (χ1n) is 7.92. The molecule has 25 heavy (non-hydrogen) atoms. The SMILES string of the molecule is NC(=O)c1oc2ccccc2c1NS(=O)(=O)c1ccc2c(c1)CCC2. The van der Waals surface area contributed by atoms with Crippen molar-refractivity contribution in [2.24, 2.45) is 5.73 Å². The smallest absolute Gasteiger partial charge is 0.286 e. The Bertz CT molecular complexity index is 1100. The molecule has 1 aliphatic rings. The highest BCUT2D eigenvalue weighted by Gasteiger charge is 2.25. The Morgan fingerprint density at radius 1 is 1.08 bits per heavy atom. The molecule has 0 bridgehead atoms. The number of benzene rings is 2. The third-order valence-electron chi connectivity index (χ3n) is 4.44. The zero-order chi connectivity index (χ0) is 17.6. The molecule has 1 aromatic heterocycles. The summed E-state index contributed by atoms with van der Waals surface area (Å²) in [5.74, 6) is -1.03. The summed E-state index contributed by atoms with van der Waals surface area (Å²) in [6, 6.07) is 11.9. The number of amides is 1. The van der Waals surface area contributed by atoms with Crippen molar-refractivity contribution in [2.45, 2.75) is 24.2 Å². The van der Waals surface area contributed by atoms with Gasteiger partial charge in [-0.1, -0.05) is 18.2 Å². The first-order valence-corrected chi connectivity index (χ1v) is 9.40. The number of carbonyl (C=O) groups excluding carboxylic acids is 1. The molecule has 3 N–H and O–H groups in total. The van der Waals surface area contributed by atoms with Gasteiger partial charge in [-0.05, 0) is 54.7 Å². The zero-order valence-electron chi connectivity index (χ0n) is 13.3. The number of carbonyl (C=O) groups is 1. The van der Waals surface area contributed by atoms with Gasteiger partial charge in [0.2, 0.25) is 5.76 Å². The van der Waals surface area contributed by atoms with Crippen molar-refractivity contribution in [1.29, 1.82) is 0 Å². The largest absolute Gasteiger partial charge is 0.449 e. The number of fused-ring (bicyclic) bond motifs is 2. The number of primary amides is 1. The van der Waals surface area contributed by atoms with Crippen molar-refractivity contribution in [3.05, 3.63) is 59.4 Å². The average molecular weight is 356 g/mol. The van der Waals surface area contributed by atoms with Crippen molar-refractivity contribution < 1.29 is 17.6 Å². The van der Waals surface area contributed by atoms with E-state index in [9.17, 15) is 13.2 Å². The van der Waals surface area contributed by atoms with E-state index in [0.717, 1.165) is 24.8 Å². The minimum Gasteiger partial charge on any atom is -0.449 e. The van der Waals surface area contributed by atoms with Crippen LogP contribution in [0.15, 0.2) is 51.8 Å².